The van der Waals surface area contributed by atoms with Crippen LogP contribution in [-0.4, -0.2) is 12.5 Å². The molecule has 1 atom stereocenters. The standard InChI is InChI=1S/C21H26BrNO2/c1-13(2)17-7-9-20(19(22)11-17)25-12-21(24)23-16(5)18-8-6-14(3)10-15(18)4/h6-11,13,16H,12H2,1-5H3,(H,23,24)/t16-/m1/s1. The summed E-state index contributed by atoms with van der Waals surface area (Å²) in [6, 6.07) is 12.2. The predicted octanol–water partition coefficient (Wildman–Crippen LogP) is 5.45. The van der Waals surface area contributed by atoms with E-state index >= 15 is 0 Å². The molecule has 0 aliphatic rings. The van der Waals surface area contributed by atoms with Crippen molar-refractivity contribution >= 4 is 21.8 Å². The van der Waals surface area contributed by atoms with E-state index < -0.39 is 0 Å². The molecule has 0 heterocycles. The third kappa shape index (κ3) is 5.33. The number of nitrogens with one attached hydrogen (secondary N) is 1. The van der Waals surface area contributed by atoms with Crippen molar-refractivity contribution in [2.45, 2.75) is 46.6 Å². The van der Waals surface area contributed by atoms with Gasteiger partial charge in [-0.05, 0) is 71.4 Å². The number of benzene rings is 2. The van der Waals surface area contributed by atoms with Gasteiger partial charge < -0.3 is 10.1 Å². The summed E-state index contributed by atoms with van der Waals surface area (Å²) in [6.45, 7) is 10.4. The van der Waals surface area contributed by atoms with Crippen molar-refractivity contribution in [1.29, 1.82) is 0 Å². The number of carbonyl (C=O) groups is 1. The third-order valence-electron chi connectivity index (χ3n) is 4.25. The van der Waals surface area contributed by atoms with Crippen LogP contribution < -0.4 is 10.1 Å². The minimum atomic E-state index is -0.132. The molecule has 1 amide bonds. The second-order valence-corrected chi connectivity index (χ2v) is 7.64. The normalized spacial score (nSPS) is 12.1. The molecular weight excluding hydrogens is 378 g/mol. The van der Waals surface area contributed by atoms with Crippen LogP contribution in [0, 0.1) is 13.8 Å². The first-order valence-electron chi connectivity index (χ1n) is 8.56. The number of carbonyl (C=O) groups excluding carboxylic acids is 1. The molecule has 0 spiro atoms. The van der Waals surface area contributed by atoms with Crippen LogP contribution >= 0.6 is 15.9 Å². The van der Waals surface area contributed by atoms with Crippen molar-refractivity contribution in [3.05, 3.63) is 63.1 Å². The fourth-order valence-electron chi connectivity index (χ4n) is 2.81. The summed E-state index contributed by atoms with van der Waals surface area (Å²) in [5.74, 6) is 0.998. The maximum atomic E-state index is 12.2. The molecule has 2 aromatic rings. The number of amides is 1. The summed E-state index contributed by atoms with van der Waals surface area (Å²) in [7, 11) is 0. The number of ether oxygens (including phenoxy) is 1. The molecule has 4 heteroatoms. The van der Waals surface area contributed by atoms with Crippen molar-refractivity contribution < 1.29 is 9.53 Å². The highest BCUT2D eigenvalue weighted by Crippen LogP contribution is 2.29. The lowest BCUT2D eigenvalue weighted by Gasteiger charge is -2.18. The van der Waals surface area contributed by atoms with Crippen LogP contribution in [0.15, 0.2) is 40.9 Å². The number of aryl methyl sites for hydroxylation is 2. The molecule has 0 saturated heterocycles. The van der Waals surface area contributed by atoms with E-state index in [1.54, 1.807) is 0 Å². The van der Waals surface area contributed by atoms with Crippen molar-refractivity contribution in [3.8, 4) is 5.75 Å². The van der Waals surface area contributed by atoms with E-state index in [0.717, 1.165) is 10.0 Å². The van der Waals surface area contributed by atoms with Gasteiger partial charge in [-0.2, -0.15) is 0 Å². The Morgan fingerprint density at radius 2 is 1.84 bits per heavy atom. The fourth-order valence-corrected chi connectivity index (χ4v) is 3.32. The van der Waals surface area contributed by atoms with Gasteiger partial charge in [-0.3, -0.25) is 4.79 Å². The van der Waals surface area contributed by atoms with Gasteiger partial charge in [0.2, 0.25) is 0 Å². The van der Waals surface area contributed by atoms with Crippen LogP contribution in [0.3, 0.4) is 0 Å². The van der Waals surface area contributed by atoms with Gasteiger partial charge in [0.25, 0.3) is 5.91 Å². The van der Waals surface area contributed by atoms with E-state index in [4.69, 9.17) is 4.74 Å². The van der Waals surface area contributed by atoms with Gasteiger partial charge in [0.15, 0.2) is 6.61 Å². The molecule has 0 aromatic heterocycles. The Morgan fingerprint density at radius 3 is 2.44 bits per heavy atom. The summed E-state index contributed by atoms with van der Waals surface area (Å²) >= 11 is 3.51. The van der Waals surface area contributed by atoms with Crippen molar-refractivity contribution in [2.24, 2.45) is 0 Å². The maximum Gasteiger partial charge on any atom is 0.258 e. The lowest BCUT2D eigenvalue weighted by atomic mass is 10.0. The van der Waals surface area contributed by atoms with Gasteiger partial charge in [0, 0.05) is 0 Å². The highest BCUT2D eigenvalue weighted by molar-refractivity contribution is 9.10. The zero-order chi connectivity index (χ0) is 18.6. The highest BCUT2D eigenvalue weighted by Gasteiger charge is 2.13. The second-order valence-electron chi connectivity index (χ2n) is 6.78. The average Bonchev–Trinajstić information content (AvgIpc) is 2.53. The van der Waals surface area contributed by atoms with Crippen LogP contribution in [-0.2, 0) is 4.79 Å². The Morgan fingerprint density at radius 1 is 1.12 bits per heavy atom. The summed E-state index contributed by atoms with van der Waals surface area (Å²) in [4.78, 5) is 12.2. The first kappa shape index (κ1) is 19.5. The first-order chi connectivity index (χ1) is 11.8. The Balaban J connectivity index is 1.94. The largest absolute Gasteiger partial charge is 0.483 e. The van der Waals surface area contributed by atoms with Gasteiger partial charge in [-0.25, -0.2) is 0 Å². The predicted molar refractivity (Wildman–Crippen MR) is 106 cm³/mol. The van der Waals surface area contributed by atoms with E-state index in [1.165, 1.54) is 16.7 Å². The molecule has 0 fully saturated rings. The van der Waals surface area contributed by atoms with E-state index in [-0.39, 0.29) is 18.6 Å². The summed E-state index contributed by atoms with van der Waals surface area (Å²) < 4.78 is 6.53. The zero-order valence-corrected chi connectivity index (χ0v) is 17.1. The third-order valence-corrected chi connectivity index (χ3v) is 4.87. The van der Waals surface area contributed by atoms with Crippen molar-refractivity contribution in [1.82, 2.24) is 5.32 Å². The van der Waals surface area contributed by atoms with Gasteiger partial charge in [-0.15, -0.1) is 0 Å². The topological polar surface area (TPSA) is 38.3 Å². The Hall–Kier alpha value is -1.81. The summed E-state index contributed by atoms with van der Waals surface area (Å²) in [5.41, 5.74) is 4.76. The van der Waals surface area contributed by atoms with Gasteiger partial charge in [0.05, 0.1) is 10.5 Å². The van der Waals surface area contributed by atoms with E-state index in [0.29, 0.717) is 11.7 Å². The van der Waals surface area contributed by atoms with Gasteiger partial charge in [-0.1, -0.05) is 43.7 Å². The molecular formula is C21H26BrNO2. The zero-order valence-electron chi connectivity index (χ0n) is 15.5. The lowest BCUT2D eigenvalue weighted by Crippen LogP contribution is -2.31. The van der Waals surface area contributed by atoms with Gasteiger partial charge >= 0.3 is 0 Å². The smallest absolute Gasteiger partial charge is 0.258 e. The van der Waals surface area contributed by atoms with Gasteiger partial charge in [0.1, 0.15) is 5.75 Å². The van der Waals surface area contributed by atoms with Crippen LogP contribution in [0.25, 0.3) is 0 Å². The van der Waals surface area contributed by atoms with Crippen LogP contribution in [0.4, 0.5) is 0 Å². The number of hydrogen-bond acceptors (Lipinski definition) is 2. The maximum absolute atomic E-state index is 12.2. The number of halogens is 1. The Bertz CT molecular complexity index is 756. The van der Waals surface area contributed by atoms with Crippen LogP contribution in [0.1, 0.15) is 55.0 Å². The monoisotopic (exact) mass is 403 g/mol. The molecule has 1 N–H and O–H groups in total. The first-order valence-corrected chi connectivity index (χ1v) is 9.36. The molecule has 0 unspecified atom stereocenters. The van der Waals surface area contributed by atoms with E-state index in [1.807, 2.05) is 25.1 Å². The number of hydrogen-bond donors (Lipinski definition) is 1. The van der Waals surface area contributed by atoms with E-state index in [9.17, 15) is 4.79 Å². The number of rotatable bonds is 6. The molecule has 0 aliphatic carbocycles. The fraction of sp³-hybridized carbons (Fsp3) is 0.381. The molecule has 0 bridgehead atoms. The quantitative estimate of drug-likeness (QED) is 0.696. The molecule has 2 aromatic carbocycles. The van der Waals surface area contributed by atoms with Crippen LogP contribution in [0.5, 0.6) is 5.75 Å². The Labute approximate surface area is 158 Å². The average molecular weight is 404 g/mol. The van der Waals surface area contributed by atoms with E-state index in [2.05, 4.69) is 67.1 Å². The second kappa shape index (κ2) is 8.52. The molecule has 134 valence electrons. The summed E-state index contributed by atoms with van der Waals surface area (Å²) in [5, 5.41) is 3.00. The highest BCUT2D eigenvalue weighted by atomic mass is 79.9. The molecule has 0 saturated carbocycles. The van der Waals surface area contributed by atoms with Crippen molar-refractivity contribution in [3.63, 3.8) is 0 Å². The van der Waals surface area contributed by atoms with Crippen molar-refractivity contribution in [2.75, 3.05) is 6.61 Å². The molecule has 2 rings (SSSR count). The molecule has 0 radical (unpaired) electrons. The molecule has 0 aliphatic heterocycles. The van der Waals surface area contributed by atoms with Crippen LogP contribution in [0.2, 0.25) is 0 Å². The minimum absolute atomic E-state index is 0.00509. The minimum Gasteiger partial charge on any atom is -0.483 e. The SMILES string of the molecule is Cc1ccc([C@@H](C)NC(=O)COc2ccc(C(C)C)cc2Br)c(C)c1. The summed E-state index contributed by atoms with van der Waals surface area (Å²) in [6.07, 6.45) is 0. The Kier molecular flexibility index (Phi) is 6.65. The molecule has 25 heavy (non-hydrogen) atoms. The molecule has 3 nitrogen and oxygen atoms in total. The lowest BCUT2D eigenvalue weighted by molar-refractivity contribution is -0.123.